The largest absolute Gasteiger partial charge is 0.457 e. The lowest BCUT2D eigenvalue weighted by Gasteiger charge is -2.19. The molecule has 0 radical (unpaired) electrons. The van der Waals surface area contributed by atoms with E-state index in [2.05, 4.69) is 28.9 Å². The van der Waals surface area contributed by atoms with Crippen molar-refractivity contribution in [2.45, 2.75) is 13.3 Å². The van der Waals surface area contributed by atoms with E-state index in [4.69, 9.17) is 4.74 Å². The van der Waals surface area contributed by atoms with Crippen LogP contribution in [0, 0.1) is 23.7 Å². The van der Waals surface area contributed by atoms with Crippen LogP contribution in [-0.4, -0.2) is 11.8 Å². The van der Waals surface area contributed by atoms with Gasteiger partial charge >= 0.3 is 0 Å². The Labute approximate surface area is 165 Å². The maximum Gasteiger partial charge on any atom is 0.238 e. The summed E-state index contributed by atoms with van der Waals surface area (Å²) in [6, 6.07) is 14.7. The second kappa shape index (κ2) is 6.06. The monoisotopic (exact) mass is 423 g/mol. The first-order chi connectivity index (χ1) is 13.0. The average molecular weight is 424 g/mol. The highest BCUT2D eigenvalue weighted by Crippen LogP contribution is 2.55. The Balaban J connectivity index is 1.37. The molecule has 1 saturated heterocycles. The maximum absolute atomic E-state index is 13.0. The predicted octanol–water partition coefficient (Wildman–Crippen LogP) is 4.94. The number of anilines is 1. The van der Waals surface area contributed by atoms with Crippen LogP contribution in [0.25, 0.3) is 0 Å². The average Bonchev–Trinajstić information content (AvgIpc) is 3.29. The first-order valence-electron chi connectivity index (χ1n) is 9.12. The fourth-order valence-corrected chi connectivity index (χ4v) is 5.10. The summed E-state index contributed by atoms with van der Waals surface area (Å²) in [5, 5.41) is 0. The van der Waals surface area contributed by atoms with Gasteiger partial charge in [-0.05, 0) is 73.7 Å². The van der Waals surface area contributed by atoms with Gasteiger partial charge in [0, 0.05) is 4.47 Å². The normalized spacial score (nSPS) is 28.5. The molecule has 2 aromatic carbocycles. The zero-order valence-electron chi connectivity index (χ0n) is 14.8. The van der Waals surface area contributed by atoms with Crippen molar-refractivity contribution in [2.24, 2.45) is 23.7 Å². The van der Waals surface area contributed by atoms with E-state index < -0.39 is 0 Å². The summed E-state index contributed by atoms with van der Waals surface area (Å²) in [4.78, 5) is 27.3. The number of fused-ring (bicyclic) bond motifs is 5. The molecule has 0 aromatic heterocycles. The van der Waals surface area contributed by atoms with Crippen LogP contribution >= 0.6 is 15.9 Å². The standard InChI is InChI=1S/C22H18BrNO3/c1-12-10-13-11-18(12)20-19(13)21(25)24(22(20)26)15-4-8-17(9-5-15)27-16-6-2-14(23)3-7-16/h2-10,13,18-20H,11H2,1H3/t13-,18-,19+,20+/m0/s1. The first-order valence-corrected chi connectivity index (χ1v) is 9.92. The van der Waals surface area contributed by atoms with Crippen LogP contribution in [0.3, 0.4) is 0 Å². The van der Waals surface area contributed by atoms with Crippen LogP contribution < -0.4 is 9.64 Å². The quantitative estimate of drug-likeness (QED) is 0.518. The number of imide groups is 1. The molecule has 27 heavy (non-hydrogen) atoms. The van der Waals surface area contributed by atoms with Crippen molar-refractivity contribution in [3.8, 4) is 11.5 Å². The van der Waals surface area contributed by atoms with E-state index in [0.717, 1.165) is 16.6 Å². The number of carbonyl (C=O) groups is 2. The topological polar surface area (TPSA) is 46.6 Å². The molecule has 1 heterocycles. The smallest absolute Gasteiger partial charge is 0.238 e. The van der Waals surface area contributed by atoms with E-state index in [1.54, 1.807) is 24.3 Å². The highest BCUT2D eigenvalue weighted by molar-refractivity contribution is 9.10. The van der Waals surface area contributed by atoms with Crippen LogP contribution in [-0.2, 0) is 9.59 Å². The van der Waals surface area contributed by atoms with Crippen molar-refractivity contribution in [3.63, 3.8) is 0 Å². The summed E-state index contributed by atoms with van der Waals surface area (Å²) in [6.07, 6.45) is 3.14. The maximum atomic E-state index is 13.0. The van der Waals surface area contributed by atoms with Gasteiger partial charge in [-0.3, -0.25) is 14.5 Å². The summed E-state index contributed by atoms with van der Waals surface area (Å²) >= 11 is 3.40. The van der Waals surface area contributed by atoms with Crippen molar-refractivity contribution < 1.29 is 14.3 Å². The van der Waals surface area contributed by atoms with Crippen molar-refractivity contribution in [1.82, 2.24) is 0 Å². The van der Waals surface area contributed by atoms with E-state index >= 15 is 0 Å². The van der Waals surface area contributed by atoms with Gasteiger partial charge in [-0.2, -0.15) is 0 Å². The molecule has 2 fully saturated rings. The molecular formula is C22H18BrNO3. The van der Waals surface area contributed by atoms with Gasteiger partial charge in [0.15, 0.2) is 0 Å². The third kappa shape index (κ3) is 2.56. The number of hydrogen-bond donors (Lipinski definition) is 0. The van der Waals surface area contributed by atoms with E-state index in [1.165, 1.54) is 10.5 Å². The van der Waals surface area contributed by atoms with Crippen molar-refractivity contribution in [2.75, 3.05) is 4.90 Å². The minimum atomic E-state index is -0.176. The van der Waals surface area contributed by atoms with Gasteiger partial charge in [0.1, 0.15) is 11.5 Å². The highest BCUT2D eigenvalue weighted by Gasteiger charge is 2.60. The highest BCUT2D eigenvalue weighted by atomic mass is 79.9. The number of allylic oxidation sites excluding steroid dienone is 2. The Kier molecular flexibility index (Phi) is 3.76. The van der Waals surface area contributed by atoms with Crippen LogP contribution in [0.2, 0.25) is 0 Å². The van der Waals surface area contributed by atoms with E-state index in [1.807, 2.05) is 24.3 Å². The zero-order valence-corrected chi connectivity index (χ0v) is 16.3. The van der Waals surface area contributed by atoms with E-state index in [-0.39, 0.29) is 35.5 Å². The van der Waals surface area contributed by atoms with Gasteiger partial charge < -0.3 is 4.74 Å². The molecule has 0 unspecified atom stereocenters. The summed E-state index contributed by atoms with van der Waals surface area (Å²) in [7, 11) is 0. The van der Waals surface area contributed by atoms with E-state index in [9.17, 15) is 9.59 Å². The summed E-state index contributed by atoms with van der Waals surface area (Å²) < 4.78 is 6.81. The van der Waals surface area contributed by atoms with Crippen LogP contribution in [0.15, 0.2) is 64.7 Å². The van der Waals surface area contributed by atoms with Crippen molar-refractivity contribution in [1.29, 1.82) is 0 Å². The van der Waals surface area contributed by atoms with Crippen LogP contribution in [0.4, 0.5) is 5.69 Å². The summed E-state index contributed by atoms with van der Waals surface area (Å²) in [6.45, 7) is 2.08. The lowest BCUT2D eigenvalue weighted by atomic mass is 9.82. The molecule has 1 saturated carbocycles. The van der Waals surface area contributed by atoms with Crippen LogP contribution in [0.5, 0.6) is 11.5 Å². The predicted molar refractivity (Wildman–Crippen MR) is 105 cm³/mol. The van der Waals surface area contributed by atoms with E-state index in [0.29, 0.717) is 11.4 Å². The number of ether oxygens (including phenoxy) is 1. The number of amides is 2. The SMILES string of the molecule is CC1=C[C@H]2C[C@@H]1[C@H]1C(=O)N(c3ccc(Oc4ccc(Br)cc4)cc3)C(=O)[C@@H]12. The third-order valence-corrected chi connectivity index (χ3v) is 6.55. The third-order valence-electron chi connectivity index (χ3n) is 6.02. The van der Waals surface area contributed by atoms with Gasteiger partial charge in [0.05, 0.1) is 17.5 Å². The fourth-order valence-electron chi connectivity index (χ4n) is 4.83. The molecule has 4 nitrogen and oxygen atoms in total. The molecule has 2 bridgehead atoms. The minimum absolute atomic E-state index is 0.0495. The van der Waals surface area contributed by atoms with Gasteiger partial charge in [-0.1, -0.05) is 27.6 Å². The van der Waals surface area contributed by atoms with Crippen LogP contribution in [0.1, 0.15) is 13.3 Å². The fraction of sp³-hybridized carbons (Fsp3) is 0.273. The Morgan fingerprint density at radius 1 is 0.926 bits per heavy atom. The number of benzene rings is 2. The van der Waals surface area contributed by atoms with Gasteiger partial charge in [0.2, 0.25) is 11.8 Å². The number of rotatable bonds is 3. The molecule has 3 aliphatic rings. The Bertz CT molecular complexity index is 964. The molecule has 0 spiro atoms. The Morgan fingerprint density at radius 2 is 1.52 bits per heavy atom. The molecule has 1 aliphatic heterocycles. The van der Waals surface area contributed by atoms with Gasteiger partial charge in [-0.15, -0.1) is 0 Å². The second-order valence-corrected chi connectivity index (χ2v) is 8.45. The van der Waals surface area contributed by atoms with Crippen molar-refractivity contribution >= 4 is 33.4 Å². The summed E-state index contributed by atoms with van der Waals surface area (Å²) in [5.41, 5.74) is 1.89. The molecule has 5 heteroatoms. The van der Waals surface area contributed by atoms with Gasteiger partial charge in [-0.25, -0.2) is 0 Å². The molecule has 2 aromatic rings. The zero-order chi connectivity index (χ0) is 18.7. The molecule has 5 rings (SSSR count). The lowest BCUT2D eigenvalue weighted by Crippen LogP contribution is -2.32. The number of halogens is 1. The second-order valence-electron chi connectivity index (χ2n) is 7.53. The lowest BCUT2D eigenvalue weighted by molar-refractivity contribution is -0.123. The minimum Gasteiger partial charge on any atom is -0.457 e. The molecule has 136 valence electrons. The molecule has 0 N–H and O–H groups in total. The van der Waals surface area contributed by atoms with Gasteiger partial charge in [0.25, 0.3) is 0 Å². The molecular weight excluding hydrogens is 406 g/mol. The molecule has 2 amide bonds. The summed E-state index contributed by atoms with van der Waals surface area (Å²) in [5.74, 6) is 1.40. The first kappa shape index (κ1) is 16.8. The molecule has 4 atom stereocenters. The Hall–Kier alpha value is -2.40. The number of hydrogen-bond acceptors (Lipinski definition) is 3. The molecule has 2 aliphatic carbocycles. The number of carbonyl (C=O) groups excluding carboxylic acids is 2. The van der Waals surface area contributed by atoms with Crippen molar-refractivity contribution in [3.05, 3.63) is 64.7 Å². The number of nitrogens with zero attached hydrogens (tertiary/aromatic N) is 1. The Morgan fingerprint density at radius 3 is 2.19 bits per heavy atom.